The van der Waals surface area contributed by atoms with E-state index in [2.05, 4.69) is 15.6 Å². The number of benzene rings is 2. The molecule has 6 nitrogen and oxygen atoms in total. The quantitative estimate of drug-likeness (QED) is 0.371. The molecule has 0 unspecified atom stereocenters. The van der Waals surface area contributed by atoms with E-state index in [9.17, 15) is 8.42 Å². The van der Waals surface area contributed by atoms with E-state index in [0.29, 0.717) is 37.1 Å². The van der Waals surface area contributed by atoms with Crippen LogP contribution in [0.25, 0.3) is 0 Å². The molecule has 0 radical (unpaired) electrons. The Hall–Kier alpha value is -2.54. The molecule has 0 heterocycles. The maximum absolute atomic E-state index is 12.3. The standard InChI is InChI=1S/C20H27N3O3S/c1-2-21-20(22-14-9-16-26-18-10-5-3-6-11-18)23-15-17-27(24,25)19-12-7-4-8-13-19/h3-8,10-13H,2,9,14-17H2,1H3,(H2,21,22,23). The molecule has 0 aromatic heterocycles. The molecular formula is C20H27N3O3S. The van der Waals surface area contributed by atoms with E-state index >= 15 is 0 Å². The van der Waals surface area contributed by atoms with Gasteiger partial charge in [0.25, 0.3) is 0 Å². The monoisotopic (exact) mass is 389 g/mol. The second-order valence-electron chi connectivity index (χ2n) is 5.83. The molecule has 27 heavy (non-hydrogen) atoms. The van der Waals surface area contributed by atoms with Crippen LogP contribution in [0.3, 0.4) is 0 Å². The van der Waals surface area contributed by atoms with Crippen molar-refractivity contribution in [1.29, 1.82) is 0 Å². The molecule has 0 spiro atoms. The number of sulfone groups is 1. The lowest BCUT2D eigenvalue weighted by molar-refractivity contribution is 0.313. The highest BCUT2D eigenvalue weighted by atomic mass is 32.2. The zero-order chi connectivity index (χ0) is 19.4. The van der Waals surface area contributed by atoms with Gasteiger partial charge in [0.2, 0.25) is 0 Å². The fraction of sp³-hybridized carbons (Fsp3) is 0.350. The van der Waals surface area contributed by atoms with Crippen molar-refractivity contribution < 1.29 is 13.2 Å². The third-order valence-corrected chi connectivity index (χ3v) is 5.43. The molecular weight excluding hydrogens is 362 g/mol. The van der Waals surface area contributed by atoms with Crippen molar-refractivity contribution in [3.63, 3.8) is 0 Å². The van der Waals surface area contributed by atoms with Crippen LogP contribution < -0.4 is 15.4 Å². The van der Waals surface area contributed by atoms with Gasteiger partial charge in [-0.05, 0) is 31.2 Å². The second kappa shape index (κ2) is 11.2. The Morgan fingerprint density at radius 3 is 2.33 bits per heavy atom. The largest absolute Gasteiger partial charge is 0.494 e. The molecule has 2 N–H and O–H groups in total. The Morgan fingerprint density at radius 1 is 1.00 bits per heavy atom. The first-order valence-electron chi connectivity index (χ1n) is 9.09. The van der Waals surface area contributed by atoms with Crippen LogP contribution in [0.15, 0.2) is 70.6 Å². The van der Waals surface area contributed by atoms with Gasteiger partial charge < -0.3 is 15.4 Å². The van der Waals surface area contributed by atoms with Gasteiger partial charge >= 0.3 is 0 Å². The van der Waals surface area contributed by atoms with Gasteiger partial charge in [-0.15, -0.1) is 0 Å². The zero-order valence-corrected chi connectivity index (χ0v) is 16.4. The Bertz CT molecular complexity index is 794. The van der Waals surface area contributed by atoms with Gasteiger partial charge in [-0.1, -0.05) is 36.4 Å². The minimum atomic E-state index is -3.30. The predicted octanol–water partition coefficient (Wildman–Crippen LogP) is 2.48. The molecule has 2 aromatic carbocycles. The highest BCUT2D eigenvalue weighted by Gasteiger charge is 2.13. The van der Waals surface area contributed by atoms with E-state index in [0.717, 1.165) is 12.2 Å². The van der Waals surface area contributed by atoms with E-state index in [1.807, 2.05) is 37.3 Å². The van der Waals surface area contributed by atoms with Crippen molar-refractivity contribution >= 4 is 15.8 Å². The van der Waals surface area contributed by atoms with Crippen molar-refractivity contribution in [1.82, 2.24) is 10.6 Å². The molecule has 2 aromatic rings. The van der Waals surface area contributed by atoms with Crippen molar-refractivity contribution in [3.8, 4) is 5.75 Å². The van der Waals surface area contributed by atoms with Gasteiger partial charge in [0, 0.05) is 26.1 Å². The lowest BCUT2D eigenvalue weighted by Gasteiger charge is -2.12. The first-order chi connectivity index (χ1) is 13.1. The number of para-hydroxylation sites is 1. The summed E-state index contributed by atoms with van der Waals surface area (Å²) in [6, 6.07) is 18.1. The molecule has 0 fully saturated rings. The van der Waals surface area contributed by atoms with Crippen LogP contribution in [-0.4, -0.2) is 46.4 Å². The van der Waals surface area contributed by atoms with Gasteiger partial charge in [0.1, 0.15) is 5.75 Å². The molecule has 0 aliphatic carbocycles. The number of hydrogen-bond donors (Lipinski definition) is 2. The summed E-state index contributed by atoms with van der Waals surface area (Å²) in [5.41, 5.74) is 0. The number of aliphatic imine (C=N–C) groups is 1. The van der Waals surface area contributed by atoms with Gasteiger partial charge in [-0.3, -0.25) is 4.99 Å². The van der Waals surface area contributed by atoms with Crippen LogP contribution in [-0.2, 0) is 9.84 Å². The van der Waals surface area contributed by atoms with Crippen molar-refractivity contribution in [2.75, 3.05) is 32.0 Å². The molecule has 0 saturated heterocycles. The van der Waals surface area contributed by atoms with Crippen LogP contribution in [0.2, 0.25) is 0 Å². The molecule has 146 valence electrons. The molecule has 0 saturated carbocycles. The van der Waals surface area contributed by atoms with Crippen LogP contribution in [0.4, 0.5) is 0 Å². The summed E-state index contributed by atoms with van der Waals surface area (Å²) in [5.74, 6) is 1.47. The highest BCUT2D eigenvalue weighted by Crippen LogP contribution is 2.09. The molecule has 2 rings (SSSR count). The number of nitrogens with zero attached hydrogens (tertiary/aromatic N) is 1. The van der Waals surface area contributed by atoms with Gasteiger partial charge in [-0.25, -0.2) is 8.42 Å². The topological polar surface area (TPSA) is 79.8 Å². The summed E-state index contributed by atoms with van der Waals surface area (Å²) in [6.07, 6.45) is 0.772. The minimum absolute atomic E-state index is 0.0124. The molecule has 0 amide bonds. The fourth-order valence-electron chi connectivity index (χ4n) is 2.35. The van der Waals surface area contributed by atoms with E-state index in [4.69, 9.17) is 4.74 Å². The lowest BCUT2D eigenvalue weighted by Crippen LogP contribution is -2.39. The molecule has 0 atom stereocenters. The van der Waals surface area contributed by atoms with Crippen LogP contribution in [0, 0.1) is 0 Å². The average molecular weight is 390 g/mol. The van der Waals surface area contributed by atoms with Crippen LogP contribution in [0.1, 0.15) is 13.3 Å². The Kier molecular flexibility index (Phi) is 8.64. The lowest BCUT2D eigenvalue weighted by atomic mass is 10.3. The predicted molar refractivity (Wildman–Crippen MR) is 109 cm³/mol. The summed E-state index contributed by atoms with van der Waals surface area (Å²) in [6.45, 7) is 4.14. The van der Waals surface area contributed by atoms with E-state index < -0.39 is 9.84 Å². The van der Waals surface area contributed by atoms with Crippen molar-refractivity contribution in [2.45, 2.75) is 18.2 Å². The summed E-state index contributed by atoms with van der Waals surface area (Å²) >= 11 is 0. The average Bonchev–Trinajstić information content (AvgIpc) is 2.69. The minimum Gasteiger partial charge on any atom is -0.494 e. The molecule has 0 aliphatic rings. The third-order valence-electron chi connectivity index (χ3n) is 3.69. The van der Waals surface area contributed by atoms with Crippen LogP contribution in [0.5, 0.6) is 5.75 Å². The Morgan fingerprint density at radius 2 is 1.67 bits per heavy atom. The van der Waals surface area contributed by atoms with E-state index in [-0.39, 0.29) is 5.75 Å². The second-order valence-corrected chi connectivity index (χ2v) is 7.94. The number of rotatable bonds is 10. The highest BCUT2D eigenvalue weighted by molar-refractivity contribution is 7.91. The van der Waals surface area contributed by atoms with Gasteiger partial charge in [0.15, 0.2) is 15.8 Å². The summed E-state index contributed by atoms with van der Waals surface area (Å²) in [4.78, 5) is 4.80. The summed E-state index contributed by atoms with van der Waals surface area (Å²) in [7, 11) is -3.30. The number of guanidine groups is 1. The molecule has 0 bridgehead atoms. The smallest absolute Gasteiger partial charge is 0.191 e. The fourth-order valence-corrected chi connectivity index (χ4v) is 3.53. The third kappa shape index (κ3) is 7.70. The summed E-state index contributed by atoms with van der Waals surface area (Å²) < 4.78 is 30.2. The number of hydrogen-bond acceptors (Lipinski definition) is 4. The number of ether oxygens (including phenoxy) is 1. The van der Waals surface area contributed by atoms with Gasteiger partial charge in [0.05, 0.1) is 17.3 Å². The van der Waals surface area contributed by atoms with Crippen LogP contribution >= 0.6 is 0 Å². The summed E-state index contributed by atoms with van der Waals surface area (Å²) in [5, 5.41) is 6.19. The Labute approximate surface area is 161 Å². The Balaban J connectivity index is 1.74. The van der Waals surface area contributed by atoms with Crippen molar-refractivity contribution in [2.24, 2.45) is 4.99 Å². The SMILES string of the molecule is CCNC(=NCCCOc1ccccc1)NCCS(=O)(=O)c1ccccc1. The maximum Gasteiger partial charge on any atom is 0.191 e. The van der Waals surface area contributed by atoms with Gasteiger partial charge in [-0.2, -0.15) is 0 Å². The maximum atomic E-state index is 12.3. The zero-order valence-electron chi connectivity index (χ0n) is 15.6. The normalized spacial score (nSPS) is 11.8. The van der Waals surface area contributed by atoms with Crippen molar-refractivity contribution in [3.05, 3.63) is 60.7 Å². The molecule has 0 aliphatic heterocycles. The first kappa shape index (κ1) is 20.8. The molecule has 7 heteroatoms. The number of nitrogens with one attached hydrogen (secondary N) is 2. The first-order valence-corrected chi connectivity index (χ1v) is 10.7. The van der Waals surface area contributed by atoms with E-state index in [1.165, 1.54) is 0 Å². The van der Waals surface area contributed by atoms with E-state index in [1.54, 1.807) is 30.3 Å².